The fourth-order valence-corrected chi connectivity index (χ4v) is 4.42. The molecule has 4 rings (SSSR count). The summed E-state index contributed by atoms with van der Waals surface area (Å²) >= 11 is 0. The van der Waals surface area contributed by atoms with Gasteiger partial charge in [0.25, 0.3) is 0 Å². The fourth-order valence-electron chi connectivity index (χ4n) is 4.42. The highest BCUT2D eigenvalue weighted by molar-refractivity contribution is 5.42. The zero-order chi connectivity index (χ0) is 18.3. The van der Waals surface area contributed by atoms with Crippen molar-refractivity contribution in [1.82, 2.24) is 0 Å². The molecule has 0 N–H and O–H groups in total. The van der Waals surface area contributed by atoms with E-state index in [9.17, 15) is 4.39 Å². The Morgan fingerprint density at radius 2 is 1.77 bits per heavy atom. The van der Waals surface area contributed by atoms with E-state index < -0.39 is 0 Å². The predicted octanol–water partition coefficient (Wildman–Crippen LogP) is 5.64. The van der Waals surface area contributed by atoms with Crippen molar-refractivity contribution in [3.05, 3.63) is 65.0 Å². The van der Waals surface area contributed by atoms with Gasteiger partial charge in [-0.15, -0.1) is 0 Å². The molecule has 2 heterocycles. The zero-order valence-electron chi connectivity index (χ0n) is 15.8. The lowest BCUT2D eigenvalue weighted by molar-refractivity contribution is -0.149. The lowest BCUT2D eigenvalue weighted by Gasteiger charge is -2.49. The van der Waals surface area contributed by atoms with Crippen LogP contribution in [0.1, 0.15) is 56.4 Å². The molecule has 0 unspecified atom stereocenters. The van der Waals surface area contributed by atoms with E-state index in [4.69, 9.17) is 9.47 Å². The summed E-state index contributed by atoms with van der Waals surface area (Å²) in [6.07, 6.45) is 4.15. The Morgan fingerprint density at radius 1 is 1.04 bits per heavy atom. The van der Waals surface area contributed by atoms with E-state index >= 15 is 0 Å². The quantitative estimate of drug-likeness (QED) is 0.710. The predicted molar refractivity (Wildman–Crippen MR) is 101 cm³/mol. The second kappa shape index (κ2) is 6.70. The van der Waals surface area contributed by atoms with Gasteiger partial charge in [0.05, 0.1) is 12.2 Å². The first-order valence-electron chi connectivity index (χ1n) is 9.68. The van der Waals surface area contributed by atoms with Crippen molar-refractivity contribution in [2.75, 3.05) is 0 Å². The van der Waals surface area contributed by atoms with Gasteiger partial charge >= 0.3 is 0 Å². The SMILES string of the molecule is CCc1ccc2c(c1)[C@H]1O[C@@H](Cc3ccc(F)cc3)CC[C@@H]1C(C)(C)O2. The number of halogens is 1. The molecule has 2 nitrogen and oxygen atoms in total. The van der Waals surface area contributed by atoms with E-state index in [1.807, 2.05) is 12.1 Å². The summed E-state index contributed by atoms with van der Waals surface area (Å²) in [5.74, 6) is 1.12. The Bertz CT molecular complexity index is 781. The van der Waals surface area contributed by atoms with Crippen LogP contribution in [0.5, 0.6) is 5.75 Å². The monoisotopic (exact) mass is 354 g/mol. The molecule has 0 bridgehead atoms. The minimum Gasteiger partial charge on any atom is -0.487 e. The van der Waals surface area contributed by atoms with Crippen molar-refractivity contribution in [1.29, 1.82) is 0 Å². The van der Waals surface area contributed by atoms with Crippen LogP contribution in [0.25, 0.3) is 0 Å². The van der Waals surface area contributed by atoms with Crippen molar-refractivity contribution in [3.63, 3.8) is 0 Å². The van der Waals surface area contributed by atoms with Crippen LogP contribution >= 0.6 is 0 Å². The topological polar surface area (TPSA) is 18.5 Å². The van der Waals surface area contributed by atoms with Gasteiger partial charge in [-0.2, -0.15) is 0 Å². The molecule has 0 radical (unpaired) electrons. The maximum Gasteiger partial charge on any atom is 0.125 e. The van der Waals surface area contributed by atoms with E-state index in [0.29, 0.717) is 5.92 Å². The van der Waals surface area contributed by atoms with Gasteiger partial charge < -0.3 is 9.47 Å². The summed E-state index contributed by atoms with van der Waals surface area (Å²) in [5, 5.41) is 0. The van der Waals surface area contributed by atoms with Crippen molar-refractivity contribution < 1.29 is 13.9 Å². The summed E-state index contributed by atoms with van der Waals surface area (Å²) in [5.41, 5.74) is 3.41. The molecule has 0 aliphatic carbocycles. The second-order valence-electron chi connectivity index (χ2n) is 8.12. The van der Waals surface area contributed by atoms with Gasteiger partial charge in [0.2, 0.25) is 0 Å². The molecule has 26 heavy (non-hydrogen) atoms. The Kier molecular flexibility index (Phi) is 4.52. The average Bonchev–Trinajstić information content (AvgIpc) is 2.63. The zero-order valence-corrected chi connectivity index (χ0v) is 15.8. The molecule has 3 atom stereocenters. The minimum atomic E-state index is -0.230. The molecule has 2 aromatic rings. The van der Waals surface area contributed by atoms with Crippen LogP contribution in [-0.2, 0) is 17.6 Å². The molecule has 0 amide bonds. The largest absolute Gasteiger partial charge is 0.487 e. The third-order valence-corrected chi connectivity index (χ3v) is 5.94. The van der Waals surface area contributed by atoms with Crippen LogP contribution in [-0.4, -0.2) is 11.7 Å². The molecule has 2 aliphatic rings. The highest BCUT2D eigenvalue weighted by atomic mass is 19.1. The summed E-state index contributed by atoms with van der Waals surface area (Å²) < 4.78 is 26.1. The molecule has 1 fully saturated rings. The summed E-state index contributed by atoms with van der Waals surface area (Å²) in [7, 11) is 0. The molecule has 138 valence electrons. The molecule has 0 saturated carbocycles. The number of fused-ring (bicyclic) bond motifs is 3. The van der Waals surface area contributed by atoms with Crippen molar-refractivity contribution in [2.24, 2.45) is 5.92 Å². The van der Waals surface area contributed by atoms with Crippen molar-refractivity contribution in [2.45, 2.75) is 64.3 Å². The smallest absolute Gasteiger partial charge is 0.125 e. The maximum absolute atomic E-state index is 13.2. The van der Waals surface area contributed by atoms with Crippen LogP contribution < -0.4 is 4.74 Å². The molecule has 0 aromatic heterocycles. The second-order valence-corrected chi connectivity index (χ2v) is 8.12. The van der Waals surface area contributed by atoms with Gasteiger partial charge in [-0.1, -0.05) is 25.1 Å². The van der Waals surface area contributed by atoms with Crippen LogP contribution in [0, 0.1) is 11.7 Å². The fraction of sp³-hybridized carbons (Fsp3) is 0.478. The number of hydrogen-bond donors (Lipinski definition) is 0. The number of aryl methyl sites for hydroxylation is 1. The van der Waals surface area contributed by atoms with Crippen LogP contribution in [0.4, 0.5) is 4.39 Å². The Balaban J connectivity index is 1.60. The van der Waals surface area contributed by atoms with Gasteiger partial charge in [-0.25, -0.2) is 4.39 Å². The summed E-state index contributed by atoms with van der Waals surface area (Å²) in [6.45, 7) is 6.52. The van der Waals surface area contributed by atoms with E-state index in [0.717, 1.165) is 37.0 Å². The van der Waals surface area contributed by atoms with Gasteiger partial charge in [0.15, 0.2) is 0 Å². The molecule has 1 saturated heterocycles. The maximum atomic E-state index is 13.2. The van der Waals surface area contributed by atoms with Crippen molar-refractivity contribution >= 4 is 0 Å². The summed E-state index contributed by atoms with van der Waals surface area (Å²) in [6, 6.07) is 13.3. The molecule has 0 spiro atoms. The Morgan fingerprint density at radius 3 is 2.50 bits per heavy atom. The number of ether oxygens (including phenoxy) is 2. The number of benzene rings is 2. The lowest BCUT2D eigenvalue weighted by Crippen LogP contribution is -2.48. The molecular formula is C23H27FO2. The van der Waals surface area contributed by atoms with Gasteiger partial charge in [-0.3, -0.25) is 0 Å². The van der Waals surface area contributed by atoms with Gasteiger partial charge in [0, 0.05) is 11.5 Å². The van der Waals surface area contributed by atoms with Gasteiger partial charge in [0.1, 0.15) is 17.2 Å². The van der Waals surface area contributed by atoms with Crippen LogP contribution in [0.15, 0.2) is 42.5 Å². The average molecular weight is 354 g/mol. The Labute approximate surface area is 155 Å². The molecule has 3 heteroatoms. The number of hydrogen-bond acceptors (Lipinski definition) is 2. The van der Waals surface area contributed by atoms with E-state index in [-0.39, 0.29) is 23.6 Å². The standard InChI is InChI=1S/C23H27FO2/c1-4-15-7-12-21-19(14-15)22-20(23(2,3)26-21)11-10-18(25-22)13-16-5-8-17(24)9-6-16/h5-9,12,14,18,20,22H,4,10-11,13H2,1-3H3/t18-,20+,22-/m1/s1. The van der Waals surface area contributed by atoms with E-state index in [1.54, 1.807) is 0 Å². The third kappa shape index (κ3) is 3.25. The number of rotatable bonds is 3. The highest BCUT2D eigenvalue weighted by Crippen LogP contribution is 2.51. The normalized spacial score (nSPS) is 26.5. The van der Waals surface area contributed by atoms with Crippen molar-refractivity contribution in [3.8, 4) is 5.75 Å². The van der Waals surface area contributed by atoms with Crippen LogP contribution in [0.3, 0.4) is 0 Å². The highest BCUT2D eigenvalue weighted by Gasteiger charge is 2.47. The van der Waals surface area contributed by atoms with E-state index in [1.165, 1.54) is 23.3 Å². The molecule has 2 aromatic carbocycles. The first-order valence-corrected chi connectivity index (χ1v) is 9.68. The van der Waals surface area contributed by atoms with Gasteiger partial charge in [-0.05, 0) is 74.9 Å². The first kappa shape index (κ1) is 17.5. The van der Waals surface area contributed by atoms with E-state index in [2.05, 4.69) is 39.0 Å². The molecular weight excluding hydrogens is 327 g/mol. The minimum absolute atomic E-state index is 0.0689. The third-order valence-electron chi connectivity index (χ3n) is 5.94. The first-order chi connectivity index (χ1) is 12.5. The molecule has 2 aliphatic heterocycles. The lowest BCUT2D eigenvalue weighted by atomic mass is 9.74. The van der Waals surface area contributed by atoms with Crippen LogP contribution in [0.2, 0.25) is 0 Å². The Hall–Kier alpha value is -1.87. The summed E-state index contributed by atoms with van der Waals surface area (Å²) in [4.78, 5) is 0.